The van der Waals surface area contributed by atoms with Crippen molar-refractivity contribution in [3.8, 4) is 10.4 Å². The molecule has 31 heavy (non-hydrogen) atoms. The summed E-state index contributed by atoms with van der Waals surface area (Å²) in [5.41, 5.74) is 4.34. The van der Waals surface area contributed by atoms with Crippen molar-refractivity contribution in [1.82, 2.24) is 4.98 Å². The summed E-state index contributed by atoms with van der Waals surface area (Å²) in [6, 6.07) is 4.08. The van der Waals surface area contributed by atoms with Gasteiger partial charge in [0, 0.05) is 33.3 Å². The van der Waals surface area contributed by atoms with Gasteiger partial charge in [-0.05, 0) is 82.6 Å². The molecular weight excluding hydrogens is 406 g/mol. The fourth-order valence-corrected chi connectivity index (χ4v) is 5.22. The van der Waals surface area contributed by atoms with Crippen LogP contribution in [0, 0.1) is 12.3 Å². The van der Waals surface area contributed by atoms with Gasteiger partial charge in [0.2, 0.25) is 0 Å². The zero-order valence-corrected chi connectivity index (χ0v) is 20.7. The fraction of sp³-hybridized carbons (Fsp3) is 0.538. The lowest BCUT2D eigenvalue weighted by molar-refractivity contribution is -0.166. The predicted molar refractivity (Wildman–Crippen MR) is 128 cm³/mol. The highest BCUT2D eigenvalue weighted by Crippen LogP contribution is 2.48. The van der Waals surface area contributed by atoms with Crippen LogP contribution in [0.5, 0.6) is 0 Å². The highest BCUT2D eigenvalue weighted by Gasteiger charge is 2.36. The maximum absolute atomic E-state index is 13.1. The number of aryl methyl sites for hydroxylation is 1. The van der Waals surface area contributed by atoms with E-state index in [9.17, 15) is 4.79 Å². The van der Waals surface area contributed by atoms with Gasteiger partial charge in [0.15, 0.2) is 6.10 Å². The predicted octanol–water partition coefficient (Wildman–Crippen LogP) is 7.13. The summed E-state index contributed by atoms with van der Waals surface area (Å²) < 4.78 is 11.8. The van der Waals surface area contributed by atoms with E-state index in [-0.39, 0.29) is 5.97 Å². The van der Waals surface area contributed by atoms with Gasteiger partial charge in [-0.1, -0.05) is 19.9 Å². The van der Waals surface area contributed by atoms with Crippen LogP contribution in [0.3, 0.4) is 0 Å². The molecule has 0 bridgehead atoms. The number of esters is 1. The second-order valence-electron chi connectivity index (χ2n) is 9.97. The van der Waals surface area contributed by atoms with E-state index in [0.717, 1.165) is 40.8 Å². The van der Waals surface area contributed by atoms with Crippen molar-refractivity contribution in [2.45, 2.75) is 79.4 Å². The molecule has 2 aromatic rings. The molecule has 0 aliphatic heterocycles. The highest BCUT2D eigenvalue weighted by atomic mass is 32.1. The largest absolute Gasteiger partial charge is 0.464 e. The molecule has 1 aliphatic rings. The van der Waals surface area contributed by atoms with Crippen molar-refractivity contribution >= 4 is 22.9 Å². The number of rotatable bonds is 6. The number of hydrogen-bond acceptors (Lipinski definition) is 5. The molecule has 2 aromatic heterocycles. The first-order valence-corrected chi connectivity index (χ1v) is 11.9. The summed E-state index contributed by atoms with van der Waals surface area (Å²) in [6.45, 7) is 14.8. The zero-order chi connectivity index (χ0) is 22.8. The van der Waals surface area contributed by atoms with E-state index in [1.54, 1.807) is 11.3 Å². The van der Waals surface area contributed by atoms with E-state index >= 15 is 0 Å². The van der Waals surface area contributed by atoms with Crippen molar-refractivity contribution in [3.63, 3.8) is 0 Å². The summed E-state index contributed by atoms with van der Waals surface area (Å²) in [4.78, 5) is 19.5. The summed E-state index contributed by atoms with van der Waals surface area (Å²) in [5, 5.41) is 0. The molecular formula is C26H35NO3S. The molecule has 1 atom stereocenters. The summed E-state index contributed by atoms with van der Waals surface area (Å²) in [7, 11) is 0. The number of nitrogens with zero attached hydrogens (tertiary/aromatic N) is 1. The van der Waals surface area contributed by atoms with Gasteiger partial charge in [0.1, 0.15) is 0 Å². The molecule has 2 heterocycles. The van der Waals surface area contributed by atoms with Gasteiger partial charge in [-0.25, -0.2) is 4.79 Å². The molecule has 0 spiro atoms. The third kappa shape index (κ3) is 5.64. The van der Waals surface area contributed by atoms with E-state index in [0.29, 0.717) is 12.0 Å². The number of allylic oxidation sites excluding steroid dienone is 2. The second-order valence-corrected chi connectivity index (χ2v) is 11.2. The lowest BCUT2D eigenvalue weighted by atomic mass is 9.76. The molecule has 0 saturated carbocycles. The Kier molecular flexibility index (Phi) is 7.07. The number of carbonyl (C=O) groups excluding carboxylic acids is 1. The molecule has 1 aliphatic carbocycles. The van der Waals surface area contributed by atoms with Crippen molar-refractivity contribution in [2.24, 2.45) is 5.41 Å². The number of aromatic nitrogens is 1. The number of carbonyl (C=O) groups is 1. The van der Waals surface area contributed by atoms with Gasteiger partial charge >= 0.3 is 5.97 Å². The zero-order valence-electron chi connectivity index (χ0n) is 19.9. The SMILES string of the molecule is CCOC(=O)C(OC(C)(C)C)c1c(C)sc(-c2ccncc2)c1C1=CCC(C)(C)CC1. The molecule has 1 unspecified atom stereocenters. The number of thiophene rings is 1. The molecule has 0 aromatic carbocycles. The average Bonchev–Trinajstić information content (AvgIpc) is 3.03. The molecule has 0 N–H and O–H groups in total. The molecule has 0 fully saturated rings. The van der Waals surface area contributed by atoms with Crippen molar-refractivity contribution in [3.05, 3.63) is 46.6 Å². The first-order chi connectivity index (χ1) is 14.5. The number of pyridine rings is 1. The minimum atomic E-state index is -0.752. The van der Waals surface area contributed by atoms with Crippen LogP contribution in [0.25, 0.3) is 16.0 Å². The van der Waals surface area contributed by atoms with Gasteiger partial charge in [0.25, 0.3) is 0 Å². The summed E-state index contributed by atoms with van der Waals surface area (Å²) >= 11 is 1.72. The first-order valence-electron chi connectivity index (χ1n) is 11.1. The number of ether oxygens (including phenoxy) is 2. The van der Waals surface area contributed by atoms with Crippen LogP contribution >= 0.6 is 11.3 Å². The van der Waals surface area contributed by atoms with Gasteiger partial charge in [-0.3, -0.25) is 4.98 Å². The van der Waals surface area contributed by atoms with Crippen molar-refractivity contribution in [2.75, 3.05) is 6.61 Å². The Bertz CT molecular complexity index is 951. The van der Waals surface area contributed by atoms with Crippen LogP contribution in [0.15, 0.2) is 30.6 Å². The normalized spacial score (nSPS) is 17.2. The monoisotopic (exact) mass is 441 g/mol. The lowest BCUT2D eigenvalue weighted by Crippen LogP contribution is -2.29. The van der Waals surface area contributed by atoms with Crippen LogP contribution < -0.4 is 0 Å². The van der Waals surface area contributed by atoms with Gasteiger partial charge < -0.3 is 9.47 Å². The average molecular weight is 442 g/mol. The topological polar surface area (TPSA) is 48.4 Å². The minimum absolute atomic E-state index is 0.300. The van der Waals surface area contributed by atoms with Gasteiger partial charge in [0.05, 0.1) is 12.2 Å². The second kappa shape index (κ2) is 9.25. The molecule has 3 rings (SSSR count). The van der Waals surface area contributed by atoms with Crippen LogP contribution in [-0.4, -0.2) is 23.2 Å². The van der Waals surface area contributed by atoms with Crippen molar-refractivity contribution in [1.29, 1.82) is 0 Å². The Morgan fingerprint density at radius 2 is 1.94 bits per heavy atom. The third-order valence-corrected chi connectivity index (χ3v) is 6.77. The highest BCUT2D eigenvalue weighted by molar-refractivity contribution is 7.16. The standard InChI is InChI=1S/C26H35NO3S/c1-8-29-24(28)22(30-25(3,4)5)20-17(2)31-23(19-11-15-27-16-12-19)21(20)18-9-13-26(6,7)14-10-18/h9,11-12,15-16,22H,8,10,13-14H2,1-7H3. The molecule has 0 amide bonds. The smallest absolute Gasteiger partial charge is 0.340 e. The van der Waals surface area contributed by atoms with Crippen LogP contribution in [0.2, 0.25) is 0 Å². The Hall–Kier alpha value is -1.98. The lowest BCUT2D eigenvalue weighted by Gasteiger charge is -2.31. The Morgan fingerprint density at radius 3 is 2.48 bits per heavy atom. The van der Waals surface area contributed by atoms with Crippen molar-refractivity contribution < 1.29 is 14.3 Å². The van der Waals surface area contributed by atoms with E-state index in [1.165, 1.54) is 10.5 Å². The fourth-order valence-electron chi connectivity index (χ4n) is 4.00. The van der Waals surface area contributed by atoms with E-state index in [4.69, 9.17) is 9.47 Å². The number of hydrogen-bond donors (Lipinski definition) is 0. The molecule has 0 radical (unpaired) electrons. The maximum atomic E-state index is 13.1. The van der Waals surface area contributed by atoms with Crippen LogP contribution in [-0.2, 0) is 14.3 Å². The molecule has 4 nitrogen and oxygen atoms in total. The Labute approximate surface area is 190 Å². The Balaban J connectivity index is 2.22. The van der Waals surface area contributed by atoms with Gasteiger partial charge in [-0.15, -0.1) is 11.3 Å². The summed E-state index contributed by atoms with van der Waals surface area (Å²) in [6.07, 6.45) is 8.38. The third-order valence-electron chi connectivity index (χ3n) is 5.60. The first kappa shape index (κ1) is 23.7. The Morgan fingerprint density at radius 1 is 1.26 bits per heavy atom. The molecule has 168 valence electrons. The quantitative estimate of drug-likeness (QED) is 0.447. The minimum Gasteiger partial charge on any atom is -0.464 e. The van der Waals surface area contributed by atoms with Gasteiger partial charge in [-0.2, -0.15) is 0 Å². The molecule has 5 heteroatoms. The van der Waals surface area contributed by atoms with Crippen LogP contribution in [0.4, 0.5) is 0 Å². The molecule has 0 saturated heterocycles. The van der Waals surface area contributed by atoms with E-state index in [2.05, 4.69) is 31.8 Å². The van der Waals surface area contributed by atoms with E-state index < -0.39 is 11.7 Å². The van der Waals surface area contributed by atoms with E-state index in [1.807, 2.05) is 52.2 Å². The summed E-state index contributed by atoms with van der Waals surface area (Å²) in [5.74, 6) is -0.322. The van der Waals surface area contributed by atoms with Crippen LogP contribution in [0.1, 0.15) is 82.9 Å². The maximum Gasteiger partial charge on any atom is 0.340 e.